The molecule has 7 nitrogen and oxygen atoms in total. The Kier molecular flexibility index (Phi) is 6.64. The Hall–Kier alpha value is -3.94. The molecule has 7 rings (SSSR count). The van der Waals surface area contributed by atoms with Crippen LogP contribution in [0.1, 0.15) is 64.5 Å². The van der Waals surface area contributed by atoms with E-state index >= 15 is 0 Å². The first kappa shape index (κ1) is 26.0. The van der Waals surface area contributed by atoms with Crippen LogP contribution >= 0.6 is 0 Å². The van der Waals surface area contributed by atoms with Gasteiger partial charge in [-0.05, 0) is 104 Å². The lowest BCUT2D eigenvalue weighted by Gasteiger charge is -2.32. The van der Waals surface area contributed by atoms with E-state index < -0.39 is 0 Å². The summed E-state index contributed by atoms with van der Waals surface area (Å²) in [6.45, 7) is 4.05. The van der Waals surface area contributed by atoms with Crippen molar-refractivity contribution in [3.05, 3.63) is 88.2 Å². The normalized spacial score (nSPS) is 19.2. The first-order chi connectivity index (χ1) is 20.0. The van der Waals surface area contributed by atoms with Crippen LogP contribution in [-0.4, -0.2) is 42.4 Å². The Bertz CT molecular complexity index is 1740. The van der Waals surface area contributed by atoms with E-state index in [0.29, 0.717) is 5.75 Å². The third kappa shape index (κ3) is 4.63. The molecule has 2 aromatic heterocycles. The highest BCUT2D eigenvalue weighted by Gasteiger charge is 2.32. The number of rotatable bonds is 7. The molecule has 4 heterocycles. The van der Waals surface area contributed by atoms with E-state index in [1.54, 1.807) is 20.3 Å². The van der Waals surface area contributed by atoms with Crippen LogP contribution in [0.5, 0.6) is 17.2 Å². The molecule has 41 heavy (non-hydrogen) atoms. The standard InChI is InChI=1S/C34H38N4O3/c1-19-4-7-23-25-10-12-35-29(33(25)37-27(23)14-19)15-21(20-5-9-31(39)32(17-20)41-3)16-30-34-26(11-13-36-30)24-8-6-22(40-2)18-28(24)38-34/h4-9,14,17-18,21,29-30,35-39H,10-13,15-16H2,1-3H3. The Morgan fingerprint density at radius 1 is 0.780 bits per heavy atom. The topological polar surface area (TPSA) is 94.3 Å². The van der Waals surface area contributed by atoms with Gasteiger partial charge in [0.2, 0.25) is 0 Å². The first-order valence-electron chi connectivity index (χ1n) is 14.7. The van der Waals surface area contributed by atoms with Gasteiger partial charge in [0.05, 0.1) is 14.2 Å². The molecule has 0 saturated carbocycles. The van der Waals surface area contributed by atoms with Crippen molar-refractivity contribution in [3.8, 4) is 17.2 Å². The molecule has 3 unspecified atom stereocenters. The minimum Gasteiger partial charge on any atom is -0.504 e. The monoisotopic (exact) mass is 550 g/mol. The van der Waals surface area contributed by atoms with E-state index in [-0.39, 0.29) is 23.8 Å². The summed E-state index contributed by atoms with van der Waals surface area (Å²) in [4.78, 5) is 7.53. The van der Waals surface area contributed by atoms with Crippen LogP contribution < -0.4 is 20.1 Å². The number of aromatic nitrogens is 2. The molecule has 7 heteroatoms. The Morgan fingerprint density at radius 3 is 2.05 bits per heavy atom. The van der Waals surface area contributed by atoms with E-state index in [1.165, 1.54) is 49.9 Å². The summed E-state index contributed by atoms with van der Waals surface area (Å²) >= 11 is 0. The van der Waals surface area contributed by atoms with Crippen molar-refractivity contribution in [2.45, 2.75) is 50.6 Å². The summed E-state index contributed by atoms with van der Waals surface area (Å²) in [5, 5.41) is 20.6. The van der Waals surface area contributed by atoms with Crippen LogP contribution in [0.2, 0.25) is 0 Å². The van der Waals surface area contributed by atoms with Gasteiger partial charge in [-0.15, -0.1) is 0 Å². The van der Waals surface area contributed by atoms with Gasteiger partial charge in [0.25, 0.3) is 0 Å². The van der Waals surface area contributed by atoms with E-state index in [1.807, 2.05) is 12.1 Å². The zero-order valence-electron chi connectivity index (χ0n) is 23.9. The number of hydrogen-bond acceptors (Lipinski definition) is 5. The maximum atomic E-state index is 10.4. The van der Waals surface area contributed by atoms with E-state index in [0.717, 1.165) is 50.0 Å². The largest absolute Gasteiger partial charge is 0.504 e. The number of ether oxygens (including phenoxy) is 2. The summed E-state index contributed by atoms with van der Waals surface area (Å²) in [7, 11) is 3.33. The van der Waals surface area contributed by atoms with E-state index in [9.17, 15) is 5.11 Å². The molecule has 2 aliphatic rings. The second-order valence-corrected chi connectivity index (χ2v) is 11.6. The van der Waals surface area contributed by atoms with Gasteiger partial charge < -0.3 is 35.2 Å². The number of aromatic amines is 2. The van der Waals surface area contributed by atoms with E-state index in [4.69, 9.17) is 9.47 Å². The van der Waals surface area contributed by atoms with Crippen LogP contribution in [-0.2, 0) is 12.8 Å². The van der Waals surface area contributed by atoms with Crippen LogP contribution in [0.25, 0.3) is 21.8 Å². The maximum absolute atomic E-state index is 10.4. The summed E-state index contributed by atoms with van der Waals surface area (Å²) in [5.41, 5.74) is 10.2. The smallest absolute Gasteiger partial charge is 0.160 e. The summed E-state index contributed by atoms with van der Waals surface area (Å²) < 4.78 is 11.0. The molecular weight excluding hydrogens is 512 g/mol. The summed E-state index contributed by atoms with van der Waals surface area (Å²) in [6, 6.07) is 19.3. The molecule has 0 bridgehead atoms. The fraction of sp³-hybridized carbons (Fsp3) is 0.353. The molecule has 0 spiro atoms. The highest BCUT2D eigenvalue weighted by molar-refractivity contribution is 5.87. The van der Waals surface area contributed by atoms with Crippen molar-refractivity contribution < 1.29 is 14.6 Å². The average Bonchev–Trinajstić information content (AvgIpc) is 3.55. The Morgan fingerprint density at radius 2 is 1.41 bits per heavy atom. The number of methoxy groups -OCH3 is 2. The fourth-order valence-electron chi connectivity index (χ4n) is 7.14. The molecular formula is C34H38N4O3. The molecule has 0 fully saturated rings. The molecule has 3 atom stereocenters. The average molecular weight is 551 g/mol. The number of aryl methyl sites for hydroxylation is 1. The lowest BCUT2D eigenvalue weighted by molar-refractivity contribution is 0.360. The zero-order chi connectivity index (χ0) is 28.1. The Labute approximate surface area is 240 Å². The van der Waals surface area contributed by atoms with Gasteiger partial charge in [0, 0.05) is 51.3 Å². The van der Waals surface area contributed by atoms with Crippen LogP contribution in [0.15, 0.2) is 54.6 Å². The molecule has 0 saturated heterocycles. The number of fused-ring (bicyclic) bond motifs is 6. The second-order valence-electron chi connectivity index (χ2n) is 11.6. The van der Waals surface area contributed by atoms with Gasteiger partial charge in [-0.1, -0.05) is 18.2 Å². The van der Waals surface area contributed by atoms with Crippen molar-refractivity contribution in [2.24, 2.45) is 0 Å². The van der Waals surface area contributed by atoms with Gasteiger partial charge in [0.15, 0.2) is 11.5 Å². The molecule has 0 aliphatic carbocycles. The number of benzene rings is 3. The van der Waals surface area contributed by atoms with Crippen molar-refractivity contribution in [2.75, 3.05) is 27.3 Å². The van der Waals surface area contributed by atoms with Crippen molar-refractivity contribution in [3.63, 3.8) is 0 Å². The zero-order valence-corrected chi connectivity index (χ0v) is 23.9. The summed E-state index contributed by atoms with van der Waals surface area (Å²) in [6.07, 6.45) is 3.86. The van der Waals surface area contributed by atoms with Crippen molar-refractivity contribution in [1.82, 2.24) is 20.6 Å². The number of phenolic OH excluding ortho intramolecular Hbond substituents is 1. The molecule has 3 aromatic carbocycles. The molecule has 5 N–H and O–H groups in total. The molecule has 212 valence electrons. The van der Waals surface area contributed by atoms with Crippen LogP contribution in [0, 0.1) is 6.92 Å². The number of hydrogen-bond donors (Lipinski definition) is 5. The quantitative estimate of drug-likeness (QED) is 0.164. The van der Waals surface area contributed by atoms with Gasteiger partial charge in [-0.2, -0.15) is 0 Å². The molecule has 2 aliphatic heterocycles. The number of phenols is 1. The third-order valence-electron chi connectivity index (χ3n) is 9.18. The molecule has 0 amide bonds. The van der Waals surface area contributed by atoms with Gasteiger partial charge >= 0.3 is 0 Å². The summed E-state index contributed by atoms with van der Waals surface area (Å²) in [5.74, 6) is 1.76. The lowest BCUT2D eigenvalue weighted by atomic mass is 9.82. The maximum Gasteiger partial charge on any atom is 0.160 e. The Balaban J connectivity index is 1.26. The predicted molar refractivity (Wildman–Crippen MR) is 163 cm³/mol. The number of H-pyrrole nitrogens is 2. The van der Waals surface area contributed by atoms with Gasteiger partial charge in [-0.3, -0.25) is 0 Å². The minimum absolute atomic E-state index is 0.168. The van der Waals surface area contributed by atoms with E-state index in [2.05, 4.69) is 63.9 Å². The van der Waals surface area contributed by atoms with Crippen molar-refractivity contribution >= 4 is 21.8 Å². The predicted octanol–water partition coefficient (Wildman–Crippen LogP) is 6.32. The van der Waals surface area contributed by atoms with Crippen LogP contribution in [0.4, 0.5) is 0 Å². The second kappa shape index (κ2) is 10.5. The highest BCUT2D eigenvalue weighted by Crippen LogP contribution is 2.43. The third-order valence-corrected chi connectivity index (χ3v) is 9.18. The fourth-order valence-corrected chi connectivity index (χ4v) is 7.14. The van der Waals surface area contributed by atoms with Crippen LogP contribution in [0.3, 0.4) is 0 Å². The molecule has 0 radical (unpaired) electrons. The SMILES string of the molecule is COc1ccc2c3c([nH]c2c1)C(CC(CC1NCCc2c1[nH]c1cc(C)ccc21)c1ccc(O)c(OC)c1)NCC3. The molecule has 5 aromatic rings. The lowest BCUT2D eigenvalue weighted by Crippen LogP contribution is -2.33. The first-order valence-corrected chi connectivity index (χ1v) is 14.7. The van der Waals surface area contributed by atoms with Gasteiger partial charge in [0.1, 0.15) is 5.75 Å². The van der Waals surface area contributed by atoms with Gasteiger partial charge in [-0.25, -0.2) is 0 Å². The minimum atomic E-state index is 0.168. The highest BCUT2D eigenvalue weighted by atomic mass is 16.5. The van der Waals surface area contributed by atoms with Crippen molar-refractivity contribution in [1.29, 1.82) is 0 Å². The number of aromatic hydroxyl groups is 1. The number of nitrogens with one attached hydrogen (secondary N) is 4.